The topological polar surface area (TPSA) is 90.7 Å². The number of aromatic nitrogens is 4. The quantitative estimate of drug-likeness (QED) is 0.661. The molecule has 0 spiro atoms. The Balaban J connectivity index is 2.35. The minimum Gasteiger partial charge on any atom is -0.379 e. The average molecular weight is 248 g/mol. The van der Waals surface area contributed by atoms with Crippen LogP contribution >= 0.6 is 11.6 Å². The number of nitrogen functional groups attached to an aromatic ring is 1. The van der Waals surface area contributed by atoms with E-state index in [0.29, 0.717) is 27.4 Å². The number of pyridine rings is 1. The fraction of sp³-hybridized carbons (Fsp3) is 0. The van der Waals surface area contributed by atoms with Crippen LogP contribution in [0.3, 0.4) is 0 Å². The molecule has 0 aliphatic heterocycles. The first-order valence-electron chi connectivity index (χ1n) is 4.73. The third kappa shape index (κ3) is 1.50. The number of nitrogens with zero attached hydrogens (tertiary/aromatic N) is 4. The van der Waals surface area contributed by atoms with E-state index in [-0.39, 0.29) is 5.82 Å². The smallest absolute Gasteiger partial charge is 0.195 e. The van der Waals surface area contributed by atoms with Crippen molar-refractivity contribution in [3.8, 4) is 11.1 Å². The molecule has 84 valence electrons. The minimum atomic E-state index is 0.245. The van der Waals surface area contributed by atoms with Gasteiger partial charge >= 0.3 is 0 Å². The predicted molar refractivity (Wildman–Crippen MR) is 62.3 cm³/mol. The normalized spacial score (nSPS) is 10.9. The molecule has 2 N–H and O–H groups in total. The molecule has 0 saturated heterocycles. The number of fused-ring (bicyclic) bond motifs is 1. The summed E-state index contributed by atoms with van der Waals surface area (Å²) in [4.78, 5) is 11.9. The van der Waals surface area contributed by atoms with Crippen molar-refractivity contribution >= 4 is 28.5 Å². The van der Waals surface area contributed by atoms with Crippen LogP contribution in [0.25, 0.3) is 22.2 Å². The molecule has 3 aromatic heterocycles. The van der Waals surface area contributed by atoms with Gasteiger partial charge in [0.25, 0.3) is 0 Å². The van der Waals surface area contributed by atoms with Crippen LogP contribution in [0.2, 0.25) is 5.15 Å². The van der Waals surface area contributed by atoms with Crippen molar-refractivity contribution in [3.63, 3.8) is 0 Å². The minimum absolute atomic E-state index is 0.245. The molecule has 0 aliphatic carbocycles. The molecule has 0 aromatic carbocycles. The summed E-state index contributed by atoms with van der Waals surface area (Å²) in [5, 5.41) is 4.00. The Bertz CT molecular complexity index is 696. The first-order valence-corrected chi connectivity index (χ1v) is 5.11. The van der Waals surface area contributed by atoms with Gasteiger partial charge in [0.15, 0.2) is 16.9 Å². The zero-order chi connectivity index (χ0) is 11.8. The van der Waals surface area contributed by atoms with Crippen LogP contribution in [0.15, 0.2) is 29.3 Å². The van der Waals surface area contributed by atoms with Crippen LogP contribution in [0.1, 0.15) is 0 Å². The van der Waals surface area contributed by atoms with Crippen LogP contribution in [-0.4, -0.2) is 20.1 Å². The highest BCUT2D eigenvalue weighted by Crippen LogP contribution is 2.32. The second-order valence-electron chi connectivity index (χ2n) is 3.33. The zero-order valence-electron chi connectivity index (χ0n) is 8.46. The van der Waals surface area contributed by atoms with Gasteiger partial charge in [-0.2, -0.15) is 0 Å². The Morgan fingerprint density at radius 3 is 2.94 bits per heavy atom. The van der Waals surface area contributed by atoms with E-state index in [0.717, 1.165) is 0 Å². The molecular weight excluding hydrogens is 242 g/mol. The molecule has 0 fully saturated rings. The third-order valence-corrected chi connectivity index (χ3v) is 2.64. The predicted octanol–water partition coefficient (Wildman–Crippen LogP) is 1.92. The Labute approximate surface area is 100 Å². The van der Waals surface area contributed by atoms with Gasteiger partial charge in [-0.05, 0) is 6.07 Å². The van der Waals surface area contributed by atoms with Crippen molar-refractivity contribution in [3.05, 3.63) is 29.9 Å². The van der Waals surface area contributed by atoms with Crippen molar-refractivity contribution in [2.24, 2.45) is 0 Å². The average Bonchev–Trinajstić information content (AvgIpc) is 2.72. The molecule has 6 nitrogen and oxygen atoms in total. The summed E-state index contributed by atoms with van der Waals surface area (Å²) < 4.78 is 5.14. The molecule has 0 saturated carbocycles. The fourth-order valence-corrected chi connectivity index (χ4v) is 1.76. The summed E-state index contributed by atoms with van der Waals surface area (Å²) in [5.41, 5.74) is 7.97. The van der Waals surface area contributed by atoms with Gasteiger partial charge < -0.3 is 10.3 Å². The summed E-state index contributed by atoms with van der Waals surface area (Å²) in [6.45, 7) is 0. The van der Waals surface area contributed by atoms with Gasteiger partial charge in [0.2, 0.25) is 0 Å². The van der Waals surface area contributed by atoms with Crippen molar-refractivity contribution in [1.82, 2.24) is 20.1 Å². The number of rotatable bonds is 1. The van der Waals surface area contributed by atoms with E-state index in [2.05, 4.69) is 20.1 Å². The van der Waals surface area contributed by atoms with Gasteiger partial charge in [-0.3, -0.25) is 0 Å². The second-order valence-corrected chi connectivity index (χ2v) is 3.69. The van der Waals surface area contributed by atoms with E-state index in [4.69, 9.17) is 21.9 Å². The molecule has 0 radical (unpaired) electrons. The lowest BCUT2D eigenvalue weighted by molar-refractivity contribution is 0.461. The van der Waals surface area contributed by atoms with Gasteiger partial charge in [0, 0.05) is 23.5 Å². The van der Waals surface area contributed by atoms with Crippen LogP contribution in [-0.2, 0) is 0 Å². The Kier molecular flexibility index (Phi) is 2.15. The van der Waals surface area contributed by atoms with Gasteiger partial charge in [0.05, 0.1) is 0 Å². The van der Waals surface area contributed by atoms with Gasteiger partial charge in [-0.15, -0.1) is 0 Å². The van der Waals surface area contributed by atoms with Crippen LogP contribution in [0.4, 0.5) is 5.82 Å². The molecule has 0 atom stereocenters. The molecule has 3 rings (SSSR count). The number of hydrogen-bond acceptors (Lipinski definition) is 6. The highest BCUT2D eigenvalue weighted by molar-refractivity contribution is 6.32. The van der Waals surface area contributed by atoms with E-state index in [1.54, 1.807) is 18.5 Å². The van der Waals surface area contributed by atoms with Crippen molar-refractivity contribution in [1.29, 1.82) is 0 Å². The summed E-state index contributed by atoms with van der Waals surface area (Å²) >= 11 is 6.00. The molecule has 0 amide bonds. The fourth-order valence-electron chi connectivity index (χ4n) is 1.57. The van der Waals surface area contributed by atoms with E-state index in [1.807, 2.05) is 0 Å². The lowest BCUT2D eigenvalue weighted by Crippen LogP contribution is -1.88. The maximum Gasteiger partial charge on any atom is 0.195 e. The highest BCUT2D eigenvalue weighted by atomic mass is 35.5. The molecule has 17 heavy (non-hydrogen) atoms. The monoisotopic (exact) mass is 247 g/mol. The molecule has 0 unspecified atom stereocenters. The molecule has 0 aliphatic rings. The Morgan fingerprint density at radius 2 is 2.12 bits per heavy atom. The number of nitrogens with two attached hydrogens (primary N) is 1. The number of anilines is 1. The van der Waals surface area contributed by atoms with Gasteiger partial charge in [-0.25, -0.2) is 15.0 Å². The summed E-state index contributed by atoms with van der Waals surface area (Å²) in [6, 6.07) is 1.75. The Hall–Kier alpha value is -2.21. The van der Waals surface area contributed by atoms with Crippen LogP contribution < -0.4 is 5.73 Å². The van der Waals surface area contributed by atoms with Crippen molar-refractivity contribution < 1.29 is 4.52 Å². The standard InChI is InChI=1S/C10H6ClN5O/c11-9-6(3-13-4-15-9)5-1-2-14-7-8(5)17-16-10(7)12/h1-4H,(H2,12,16). The molecule has 3 heterocycles. The van der Waals surface area contributed by atoms with Gasteiger partial charge in [0.1, 0.15) is 11.5 Å². The molecule has 3 aromatic rings. The maximum absolute atomic E-state index is 6.00. The van der Waals surface area contributed by atoms with Crippen molar-refractivity contribution in [2.45, 2.75) is 0 Å². The third-order valence-electron chi connectivity index (χ3n) is 2.34. The molecule has 7 heteroatoms. The number of halogens is 1. The summed E-state index contributed by atoms with van der Waals surface area (Å²) in [5.74, 6) is 0.245. The zero-order valence-corrected chi connectivity index (χ0v) is 9.22. The first kappa shape index (κ1) is 9.98. The van der Waals surface area contributed by atoms with Gasteiger partial charge in [-0.1, -0.05) is 16.8 Å². The van der Waals surface area contributed by atoms with E-state index >= 15 is 0 Å². The lowest BCUT2D eigenvalue weighted by Gasteiger charge is -2.01. The van der Waals surface area contributed by atoms with Crippen LogP contribution in [0, 0.1) is 0 Å². The highest BCUT2D eigenvalue weighted by Gasteiger charge is 2.14. The van der Waals surface area contributed by atoms with E-state index in [9.17, 15) is 0 Å². The van der Waals surface area contributed by atoms with Crippen molar-refractivity contribution in [2.75, 3.05) is 5.73 Å². The Morgan fingerprint density at radius 1 is 1.24 bits per heavy atom. The van der Waals surface area contributed by atoms with Crippen LogP contribution in [0.5, 0.6) is 0 Å². The SMILES string of the molecule is Nc1noc2c(-c3cncnc3Cl)ccnc12. The second kappa shape index (κ2) is 3.67. The maximum atomic E-state index is 6.00. The number of hydrogen-bond donors (Lipinski definition) is 1. The first-order chi connectivity index (χ1) is 8.27. The summed E-state index contributed by atoms with van der Waals surface area (Å²) in [7, 11) is 0. The van der Waals surface area contributed by atoms with E-state index in [1.165, 1.54) is 6.33 Å². The van der Waals surface area contributed by atoms with E-state index < -0.39 is 0 Å². The summed E-state index contributed by atoms with van der Waals surface area (Å²) in [6.07, 6.45) is 4.58. The lowest BCUT2D eigenvalue weighted by atomic mass is 10.1. The largest absolute Gasteiger partial charge is 0.379 e. The molecular formula is C10H6ClN5O. The molecule has 0 bridgehead atoms.